The summed E-state index contributed by atoms with van der Waals surface area (Å²) in [6, 6.07) is 20.8. The van der Waals surface area contributed by atoms with E-state index in [9.17, 15) is 13.2 Å². The first-order valence-corrected chi connectivity index (χ1v) is 11.7. The molecule has 6 heteroatoms. The maximum Gasteiger partial charge on any atom is 0.278 e. The van der Waals surface area contributed by atoms with Gasteiger partial charge >= 0.3 is 0 Å². The smallest absolute Gasteiger partial charge is 0.278 e. The number of ether oxygens (including phenoxy) is 1. The monoisotopic (exact) mass is 437 g/mol. The van der Waals surface area contributed by atoms with Crippen LogP contribution in [-0.4, -0.2) is 20.9 Å². The molecule has 0 fully saturated rings. The quantitative estimate of drug-likeness (QED) is 0.502. The highest BCUT2D eigenvalue weighted by Gasteiger charge is 2.31. The number of carbonyl (C=O) groups excluding carboxylic acids is 1. The van der Waals surface area contributed by atoms with Crippen LogP contribution >= 0.6 is 0 Å². The second-order valence-corrected chi connectivity index (χ2v) is 9.07. The van der Waals surface area contributed by atoms with E-state index < -0.39 is 22.5 Å². The second-order valence-electron chi connectivity index (χ2n) is 7.28. The fourth-order valence-electron chi connectivity index (χ4n) is 3.12. The second kappa shape index (κ2) is 9.79. The molecule has 162 valence electrons. The molecular weight excluding hydrogens is 410 g/mol. The molecule has 0 saturated carbocycles. The van der Waals surface area contributed by atoms with Crippen LogP contribution < -0.4 is 9.04 Å². The standard InChI is InChI=1S/C25H27NO4S/c1-4-20-8-12-22(13-9-20)26(31(28,29)24-16-6-19(3)7-17-24)25(27)18-30-23-14-10-21(5-2)11-15-23/h6-17H,4-5,18H2,1-3H3. The Hall–Kier alpha value is -3.12. The largest absolute Gasteiger partial charge is 0.484 e. The molecule has 0 spiro atoms. The van der Waals surface area contributed by atoms with Gasteiger partial charge < -0.3 is 4.74 Å². The minimum Gasteiger partial charge on any atom is -0.484 e. The summed E-state index contributed by atoms with van der Waals surface area (Å²) in [7, 11) is -4.10. The summed E-state index contributed by atoms with van der Waals surface area (Å²) in [5.74, 6) is -0.149. The molecule has 0 aliphatic rings. The van der Waals surface area contributed by atoms with E-state index in [-0.39, 0.29) is 10.6 Å². The molecule has 0 atom stereocenters. The lowest BCUT2D eigenvalue weighted by Crippen LogP contribution is -2.40. The number of hydrogen-bond donors (Lipinski definition) is 0. The number of sulfonamides is 1. The van der Waals surface area contributed by atoms with Gasteiger partial charge in [-0.3, -0.25) is 4.79 Å². The van der Waals surface area contributed by atoms with E-state index in [1.54, 1.807) is 36.4 Å². The number of nitrogens with zero attached hydrogens (tertiary/aromatic N) is 1. The van der Waals surface area contributed by atoms with Crippen molar-refractivity contribution in [2.45, 2.75) is 38.5 Å². The van der Waals surface area contributed by atoms with Gasteiger partial charge in [-0.05, 0) is 67.3 Å². The Morgan fingerprint density at radius 1 is 0.806 bits per heavy atom. The molecule has 0 unspecified atom stereocenters. The van der Waals surface area contributed by atoms with Crippen LogP contribution in [0.25, 0.3) is 0 Å². The Morgan fingerprint density at radius 3 is 1.84 bits per heavy atom. The van der Waals surface area contributed by atoms with Gasteiger partial charge in [0.1, 0.15) is 5.75 Å². The Morgan fingerprint density at radius 2 is 1.32 bits per heavy atom. The zero-order valence-corrected chi connectivity index (χ0v) is 18.9. The SMILES string of the molecule is CCc1ccc(OCC(=O)N(c2ccc(CC)cc2)S(=O)(=O)c2ccc(C)cc2)cc1. The van der Waals surface area contributed by atoms with Crippen LogP contribution in [0.4, 0.5) is 5.69 Å². The highest BCUT2D eigenvalue weighted by atomic mass is 32.2. The lowest BCUT2D eigenvalue weighted by molar-refractivity contribution is -0.119. The first kappa shape index (κ1) is 22.6. The number of aryl methyl sites for hydroxylation is 3. The van der Waals surface area contributed by atoms with E-state index in [2.05, 4.69) is 6.92 Å². The maximum absolute atomic E-state index is 13.4. The van der Waals surface area contributed by atoms with Gasteiger partial charge in [0.2, 0.25) is 0 Å². The van der Waals surface area contributed by atoms with Gasteiger partial charge in [0.25, 0.3) is 15.9 Å². The molecule has 3 aromatic carbocycles. The Balaban J connectivity index is 1.92. The molecule has 0 aliphatic carbocycles. The van der Waals surface area contributed by atoms with E-state index in [1.165, 1.54) is 12.1 Å². The van der Waals surface area contributed by atoms with Crippen molar-refractivity contribution in [3.63, 3.8) is 0 Å². The third-order valence-electron chi connectivity index (χ3n) is 5.06. The maximum atomic E-state index is 13.4. The molecule has 0 saturated heterocycles. The summed E-state index contributed by atoms with van der Waals surface area (Å²) in [5.41, 5.74) is 3.42. The predicted molar refractivity (Wildman–Crippen MR) is 123 cm³/mol. The van der Waals surface area contributed by atoms with Crippen molar-refractivity contribution in [2.75, 3.05) is 10.9 Å². The van der Waals surface area contributed by atoms with Crippen LogP contribution in [0.1, 0.15) is 30.5 Å². The van der Waals surface area contributed by atoms with E-state index >= 15 is 0 Å². The van der Waals surface area contributed by atoms with Crippen molar-refractivity contribution in [1.82, 2.24) is 0 Å². The van der Waals surface area contributed by atoms with Crippen molar-refractivity contribution in [3.8, 4) is 5.75 Å². The summed E-state index contributed by atoms with van der Waals surface area (Å²) in [5, 5.41) is 0. The Kier molecular flexibility index (Phi) is 7.13. The molecule has 3 rings (SSSR count). The molecule has 0 heterocycles. The predicted octanol–water partition coefficient (Wildman–Crippen LogP) is 4.92. The van der Waals surface area contributed by atoms with Gasteiger partial charge in [-0.15, -0.1) is 0 Å². The molecule has 3 aromatic rings. The highest BCUT2D eigenvalue weighted by Crippen LogP contribution is 2.25. The molecule has 0 N–H and O–H groups in total. The number of anilines is 1. The third kappa shape index (κ3) is 5.33. The minimum atomic E-state index is -4.10. The fraction of sp³-hybridized carbons (Fsp3) is 0.240. The average Bonchev–Trinajstić information content (AvgIpc) is 2.79. The molecule has 1 amide bonds. The Bertz CT molecular complexity index is 1120. The van der Waals surface area contributed by atoms with E-state index in [4.69, 9.17) is 4.74 Å². The normalized spacial score (nSPS) is 11.2. The average molecular weight is 438 g/mol. The van der Waals surface area contributed by atoms with Crippen LogP contribution in [0.5, 0.6) is 5.75 Å². The zero-order valence-electron chi connectivity index (χ0n) is 18.0. The van der Waals surface area contributed by atoms with E-state index in [0.29, 0.717) is 5.75 Å². The van der Waals surface area contributed by atoms with E-state index in [0.717, 1.165) is 33.8 Å². The van der Waals surface area contributed by atoms with Gasteiger partial charge in [-0.25, -0.2) is 8.42 Å². The van der Waals surface area contributed by atoms with Gasteiger partial charge in [0, 0.05) is 0 Å². The molecule has 0 aliphatic heterocycles. The third-order valence-corrected chi connectivity index (χ3v) is 6.82. The highest BCUT2D eigenvalue weighted by molar-refractivity contribution is 7.93. The molecule has 0 bridgehead atoms. The van der Waals surface area contributed by atoms with Crippen LogP contribution in [-0.2, 0) is 27.7 Å². The molecule has 0 radical (unpaired) electrons. The van der Waals surface area contributed by atoms with Gasteiger partial charge in [0.05, 0.1) is 10.6 Å². The summed E-state index contributed by atoms with van der Waals surface area (Å²) in [6.45, 7) is 5.54. The van der Waals surface area contributed by atoms with Gasteiger partial charge in [-0.2, -0.15) is 4.31 Å². The van der Waals surface area contributed by atoms with Crippen molar-refractivity contribution < 1.29 is 17.9 Å². The summed E-state index contributed by atoms with van der Waals surface area (Å²) in [4.78, 5) is 13.2. The van der Waals surface area contributed by atoms with Crippen molar-refractivity contribution in [2.24, 2.45) is 0 Å². The number of rotatable bonds is 8. The summed E-state index contributed by atoms with van der Waals surface area (Å²) >= 11 is 0. The lowest BCUT2D eigenvalue weighted by Gasteiger charge is -2.23. The number of amides is 1. The molecular formula is C25H27NO4S. The first-order valence-electron chi connectivity index (χ1n) is 10.3. The molecule has 5 nitrogen and oxygen atoms in total. The summed E-state index contributed by atoms with van der Waals surface area (Å²) in [6.07, 6.45) is 1.71. The zero-order chi connectivity index (χ0) is 22.4. The van der Waals surface area contributed by atoms with Gasteiger partial charge in [0.15, 0.2) is 6.61 Å². The fourth-order valence-corrected chi connectivity index (χ4v) is 4.54. The first-order chi connectivity index (χ1) is 14.8. The summed E-state index contributed by atoms with van der Waals surface area (Å²) < 4.78 is 33.2. The van der Waals surface area contributed by atoms with Crippen LogP contribution in [0.15, 0.2) is 77.7 Å². The van der Waals surface area contributed by atoms with Crippen molar-refractivity contribution in [3.05, 3.63) is 89.5 Å². The number of carbonyl (C=O) groups is 1. The number of benzene rings is 3. The topological polar surface area (TPSA) is 63.7 Å². The van der Waals surface area contributed by atoms with Crippen LogP contribution in [0.3, 0.4) is 0 Å². The minimum absolute atomic E-state index is 0.0540. The molecule has 31 heavy (non-hydrogen) atoms. The molecule has 0 aromatic heterocycles. The van der Waals surface area contributed by atoms with Crippen molar-refractivity contribution >= 4 is 21.6 Å². The number of hydrogen-bond acceptors (Lipinski definition) is 4. The lowest BCUT2D eigenvalue weighted by atomic mass is 10.1. The van der Waals surface area contributed by atoms with Crippen LogP contribution in [0.2, 0.25) is 0 Å². The Labute approximate surface area is 184 Å². The van der Waals surface area contributed by atoms with Gasteiger partial charge in [-0.1, -0.05) is 55.8 Å². The van der Waals surface area contributed by atoms with Crippen molar-refractivity contribution in [1.29, 1.82) is 0 Å². The van der Waals surface area contributed by atoms with Crippen LogP contribution in [0, 0.1) is 6.92 Å². The van der Waals surface area contributed by atoms with E-state index in [1.807, 2.05) is 38.1 Å².